The van der Waals surface area contributed by atoms with Gasteiger partial charge in [0.25, 0.3) is 5.91 Å². The van der Waals surface area contributed by atoms with Gasteiger partial charge in [-0.1, -0.05) is 0 Å². The van der Waals surface area contributed by atoms with Crippen molar-refractivity contribution in [1.29, 1.82) is 5.26 Å². The van der Waals surface area contributed by atoms with E-state index in [1.807, 2.05) is 6.07 Å². The second kappa shape index (κ2) is 6.09. The molecule has 0 saturated carbocycles. The smallest absolute Gasteiger partial charge is 0.428 e. The van der Waals surface area contributed by atoms with E-state index in [0.717, 1.165) is 0 Å². The molecule has 1 rings (SSSR count). The lowest BCUT2D eigenvalue weighted by Crippen LogP contribution is -2.27. The van der Waals surface area contributed by atoms with E-state index in [-0.39, 0.29) is 0 Å². The monoisotopic (exact) mass is 235 g/mol. The Morgan fingerprint density at radius 3 is 2.53 bits per heavy atom. The molecule has 0 aliphatic carbocycles. The van der Waals surface area contributed by atoms with Crippen LogP contribution in [-0.2, 0) is 9.63 Å². The Morgan fingerprint density at radius 2 is 2.00 bits per heavy atom. The molecule has 2 amide bonds. The summed E-state index contributed by atoms with van der Waals surface area (Å²) >= 11 is 0. The molecule has 0 radical (unpaired) electrons. The molecule has 7 nitrogen and oxygen atoms in total. The van der Waals surface area contributed by atoms with Gasteiger partial charge in [-0.15, -0.1) is 0 Å². The fourth-order valence-electron chi connectivity index (χ4n) is 0.989. The Labute approximate surface area is 96.6 Å². The topological polar surface area (TPSA) is 111 Å². The lowest BCUT2D eigenvalue weighted by Gasteiger charge is -2.05. The van der Waals surface area contributed by atoms with Crippen LogP contribution in [0.15, 0.2) is 24.3 Å². The van der Waals surface area contributed by atoms with Crippen LogP contribution in [0, 0.1) is 11.3 Å². The van der Waals surface area contributed by atoms with Gasteiger partial charge in [-0.25, -0.2) is 4.79 Å². The van der Waals surface area contributed by atoms with Crippen LogP contribution in [-0.4, -0.2) is 23.7 Å². The zero-order valence-electron chi connectivity index (χ0n) is 8.64. The maximum absolute atomic E-state index is 11.2. The zero-order valence-corrected chi connectivity index (χ0v) is 8.64. The molecular formula is C10H9N3O4. The lowest BCUT2D eigenvalue weighted by molar-refractivity contribution is -0.122. The van der Waals surface area contributed by atoms with Crippen molar-refractivity contribution >= 4 is 17.7 Å². The van der Waals surface area contributed by atoms with Crippen molar-refractivity contribution in [3.05, 3.63) is 29.8 Å². The molecule has 0 saturated heterocycles. The van der Waals surface area contributed by atoms with Gasteiger partial charge >= 0.3 is 6.09 Å². The highest BCUT2D eigenvalue weighted by atomic mass is 16.7. The van der Waals surface area contributed by atoms with Gasteiger partial charge in [-0.05, 0) is 24.3 Å². The molecule has 7 heteroatoms. The number of amides is 2. The Bertz CT molecular complexity index is 450. The summed E-state index contributed by atoms with van der Waals surface area (Å²) in [5.41, 5.74) is 2.57. The van der Waals surface area contributed by atoms with Crippen LogP contribution in [0.5, 0.6) is 0 Å². The van der Waals surface area contributed by atoms with Crippen molar-refractivity contribution in [2.24, 2.45) is 0 Å². The number of rotatable bonds is 4. The molecule has 0 aromatic heterocycles. The number of carbonyl (C=O) groups excluding carboxylic acids is 1. The van der Waals surface area contributed by atoms with Crippen LogP contribution >= 0.6 is 0 Å². The molecular weight excluding hydrogens is 226 g/mol. The molecule has 1 aromatic carbocycles. The third-order valence-corrected chi connectivity index (χ3v) is 1.66. The fraction of sp³-hybridized carbons (Fsp3) is 0.100. The van der Waals surface area contributed by atoms with E-state index < -0.39 is 18.6 Å². The molecule has 3 N–H and O–H groups in total. The van der Waals surface area contributed by atoms with Crippen LogP contribution in [0.25, 0.3) is 0 Å². The SMILES string of the molecule is N#Cc1ccc(NC(=O)CONC(=O)O)cc1. The van der Waals surface area contributed by atoms with Crippen molar-refractivity contribution in [2.75, 3.05) is 11.9 Å². The van der Waals surface area contributed by atoms with Crippen LogP contribution in [0.3, 0.4) is 0 Å². The van der Waals surface area contributed by atoms with Crippen LogP contribution in [0.1, 0.15) is 5.56 Å². The van der Waals surface area contributed by atoms with Crippen molar-refractivity contribution in [3.63, 3.8) is 0 Å². The number of hydroxylamine groups is 1. The highest BCUT2D eigenvalue weighted by molar-refractivity contribution is 5.91. The molecule has 17 heavy (non-hydrogen) atoms. The van der Waals surface area contributed by atoms with Gasteiger partial charge in [0.15, 0.2) is 6.61 Å². The molecule has 0 bridgehead atoms. The Balaban J connectivity index is 2.40. The maximum atomic E-state index is 11.2. The molecule has 0 aliphatic rings. The number of nitriles is 1. The molecule has 0 unspecified atom stereocenters. The molecule has 88 valence electrons. The molecule has 1 aromatic rings. The fourth-order valence-corrected chi connectivity index (χ4v) is 0.989. The van der Waals surface area contributed by atoms with Gasteiger partial charge in [0.1, 0.15) is 0 Å². The summed E-state index contributed by atoms with van der Waals surface area (Å²) in [5, 5.41) is 19.2. The number of hydrogen-bond acceptors (Lipinski definition) is 4. The third-order valence-electron chi connectivity index (χ3n) is 1.66. The molecule has 0 atom stereocenters. The summed E-state index contributed by atoms with van der Waals surface area (Å²) in [7, 11) is 0. The third kappa shape index (κ3) is 4.63. The highest BCUT2D eigenvalue weighted by Gasteiger charge is 2.03. The van der Waals surface area contributed by atoms with E-state index in [0.29, 0.717) is 11.3 Å². The minimum atomic E-state index is -1.38. The first kappa shape index (κ1) is 12.5. The van der Waals surface area contributed by atoms with Crippen molar-refractivity contribution in [1.82, 2.24) is 5.48 Å². The van der Waals surface area contributed by atoms with Gasteiger partial charge in [0.05, 0.1) is 11.6 Å². The van der Waals surface area contributed by atoms with Crippen molar-refractivity contribution in [2.45, 2.75) is 0 Å². The summed E-state index contributed by atoms with van der Waals surface area (Å²) in [6.45, 7) is -0.438. The van der Waals surface area contributed by atoms with Crippen LogP contribution in [0.4, 0.5) is 10.5 Å². The van der Waals surface area contributed by atoms with E-state index in [2.05, 4.69) is 10.2 Å². The van der Waals surface area contributed by atoms with Crippen molar-refractivity contribution < 1.29 is 19.5 Å². The second-order valence-corrected chi connectivity index (χ2v) is 2.93. The Kier molecular flexibility index (Phi) is 4.47. The summed E-state index contributed by atoms with van der Waals surface area (Å²) in [5.74, 6) is -0.511. The molecule has 0 fully saturated rings. The standard InChI is InChI=1S/C10H9N3O4/c11-5-7-1-3-8(4-2-7)12-9(14)6-17-13-10(15)16/h1-4,13H,6H2,(H,12,14)(H,15,16). The number of nitrogens with zero attached hydrogens (tertiary/aromatic N) is 1. The molecule has 0 spiro atoms. The number of carboxylic acid groups (broad SMARTS) is 1. The lowest BCUT2D eigenvalue weighted by atomic mass is 10.2. The van der Waals surface area contributed by atoms with Gasteiger partial charge in [-0.2, -0.15) is 10.7 Å². The van der Waals surface area contributed by atoms with Gasteiger partial charge < -0.3 is 10.4 Å². The Morgan fingerprint density at radius 1 is 1.35 bits per heavy atom. The van der Waals surface area contributed by atoms with E-state index >= 15 is 0 Å². The maximum Gasteiger partial charge on any atom is 0.428 e. The first-order valence-corrected chi connectivity index (χ1v) is 4.52. The van der Waals surface area contributed by atoms with Gasteiger partial charge in [-0.3, -0.25) is 9.63 Å². The van der Waals surface area contributed by atoms with Gasteiger partial charge in [0.2, 0.25) is 0 Å². The normalized spacial score (nSPS) is 9.12. The Hall–Kier alpha value is -2.59. The predicted octanol–water partition coefficient (Wildman–Crippen LogP) is 0.696. The summed E-state index contributed by atoms with van der Waals surface area (Å²) in [6.07, 6.45) is -1.38. The highest BCUT2D eigenvalue weighted by Crippen LogP contribution is 2.08. The largest absolute Gasteiger partial charge is 0.464 e. The number of hydrogen-bond donors (Lipinski definition) is 3. The summed E-state index contributed by atoms with van der Waals surface area (Å²) in [6, 6.07) is 8.15. The second-order valence-electron chi connectivity index (χ2n) is 2.93. The van der Waals surface area contributed by atoms with E-state index in [1.165, 1.54) is 0 Å². The average molecular weight is 235 g/mol. The number of benzene rings is 1. The van der Waals surface area contributed by atoms with Crippen LogP contribution in [0.2, 0.25) is 0 Å². The minimum absolute atomic E-state index is 0.438. The average Bonchev–Trinajstić information content (AvgIpc) is 2.29. The van der Waals surface area contributed by atoms with Gasteiger partial charge in [0, 0.05) is 5.69 Å². The number of carbonyl (C=O) groups is 2. The van der Waals surface area contributed by atoms with Crippen LogP contribution < -0.4 is 10.8 Å². The first-order chi connectivity index (χ1) is 8.11. The molecule has 0 heterocycles. The summed E-state index contributed by atoms with van der Waals surface area (Å²) < 4.78 is 0. The predicted molar refractivity (Wildman–Crippen MR) is 56.9 cm³/mol. The van der Waals surface area contributed by atoms with E-state index in [1.54, 1.807) is 29.7 Å². The van der Waals surface area contributed by atoms with Crippen molar-refractivity contribution in [3.8, 4) is 6.07 Å². The van der Waals surface area contributed by atoms with E-state index in [4.69, 9.17) is 10.4 Å². The zero-order chi connectivity index (χ0) is 12.7. The minimum Gasteiger partial charge on any atom is -0.464 e. The summed E-state index contributed by atoms with van der Waals surface area (Å²) in [4.78, 5) is 25.6. The van der Waals surface area contributed by atoms with E-state index in [9.17, 15) is 9.59 Å². The quantitative estimate of drug-likeness (QED) is 0.665. The molecule has 0 aliphatic heterocycles. The number of anilines is 1. The first-order valence-electron chi connectivity index (χ1n) is 4.52. The number of nitrogens with one attached hydrogen (secondary N) is 2.